The van der Waals surface area contributed by atoms with Crippen LogP contribution in [0.2, 0.25) is 0 Å². The second-order valence-electron chi connectivity index (χ2n) is 3.68. The van der Waals surface area contributed by atoms with E-state index in [1.165, 1.54) is 0 Å². The van der Waals surface area contributed by atoms with Crippen LogP contribution in [0.1, 0.15) is 12.6 Å². The second-order valence-corrected chi connectivity index (χ2v) is 3.68. The Kier molecular flexibility index (Phi) is 4.08. The van der Waals surface area contributed by atoms with Crippen molar-refractivity contribution in [2.75, 3.05) is 17.3 Å². The lowest BCUT2D eigenvalue weighted by Crippen LogP contribution is -2.14. The number of nitrogen functional groups attached to an aromatic ring is 1. The van der Waals surface area contributed by atoms with Crippen molar-refractivity contribution in [1.29, 1.82) is 0 Å². The van der Waals surface area contributed by atoms with Gasteiger partial charge in [0.1, 0.15) is 0 Å². The number of hydrogen-bond donors (Lipinski definition) is 3. The third-order valence-electron chi connectivity index (χ3n) is 2.21. The van der Waals surface area contributed by atoms with Crippen molar-refractivity contribution in [3.8, 4) is 6.01 Å². The summed E-state index contributed by atoms with van der Waals surface area (Å²) in [6.45, 7) is 2.81. The number of hydrazine groups is 1. The molecule has 4 N–H and O–H groups in total. The van der Waals surface area contributed by atoms with Crippen molar-refractivity contribution in [2.24, 2.45) is 12.9 Å². The number of ether oxygens (including phenoxy) is 1. The lowest BCUT2D eigenvalue weighted by Gasteiger charge is -2.07. The van der Waals surface area contributed by atoms with Crippen LogP contribution in [0.4, 0.5) is 11.9 Å². The Hall–Kier alpha value is -2.42. The highest BCUT2D eigenvalue weighted by atomic mass is 16.5. The van der Waals surface area contributed by atoms with Gasteiger partial charge in [-0.15, -0.1) is 0 Å². The molecular weight excluding hydrogens is 248 g/mol. The first-order valence-electron chi connectivity index (χ1n) is 5.79. The molecule has 0 aliphatic rings. The van der Waals surface area contributed by atoms with E-state index in [1.807, 2.05) is 26.2 Å². The zero-order chi connectivity index (χ0) is 13.7. The van der Waals surface area contributed by atoms with Crippen molar-refractivity contribution >= 4 is 11.9 Å². The topological polar surface area (TPSA) is 116 Å². The molecule has 0 aromatic carbocycles. The third kappa shape index (κ3) is 3.52. The van der Waals surface area contributed by atoms with Gasteiger partial charge >= 0.3 is 6.01 Å². The van der Waals surface area contributed by atoms with Crippen LogP contribution in [-0.2, 0) is 13.6 Å². The van der Waals surface area contributed by atoms with Crippen molar-refractivity contribution in [3.05, 3.63) is 18.0 Å². The SMILES string of the molecule is CCOc1nc(NN)nc(NCc2ccn(C)n2)n1. The van der Waals surface area contributed by atoms with Gasteiger partial charge in [-0.1, -0.05) is 0 Å². The van der Waals surface area contributed by atoms with Crippen LogP contribution in [0.3, 0.4) is 0 Å². The molecule has 2 heterocycles. The monoisotopic (exact) mass is 264 g/mol. The summed E-state index contributed by atoms with van der Waals surface area (Å²) in [5.74, 6) is 5.90. The normalized spacial score (nSPS) is 10.3. The number of nitrogens with two attached hydrogens (primary N) is 1. The molecular formula is C10H16N8O. The summed E-state index contributed by atoms with van der Waals surface area (Å²) in [4.78, 5) is 12.1. The maximum absolute atomic E-state index is 5.29. The Morgan fingerprint density at radius 3 is 2.74 bits per heavy atom. The summed E-state index contributed by atoms with van der Waals surface area (Å²) in [5.41, 5.74) is 3.24. The number of anilines is 2. The van der Waals surface area contributed by atoms with E-state index in [0.29, 0.717) is 19.1 Å². The molecule has 0 bridgehead atoms. The molecule has 0 radical (unpaired) electrons. The Labute approximate surface area is 110 Å². The van der Waals surface area contributed by atoms with Gasteiger partial charge in [0.15, 0.2) is 0 Å². The lowest BCUT2D eigenvalue weighted by molar-refractivity contribution is 0.312. The summed E-state index contributed by atoms with van der Waals surface area (Å²) in [7, 11) is 1.86. The van der Waals surface area contributed by atoms with E-state index in [0.717, 1.165) is 5.69 Å². The summed E-state index contributed by atoms with van der Waals surface area (Å²) in [6.07, 6.45) is 1.86. The number of nitrogens with one attached hydrogen (secondary N) is 2. The molecule has 0 aliphatic carbocycles. The molecule has 102 valence electrons. The van der Waals surface area contributed by atoms with Crippen LogP contribution >= 0.6 is 0 Å². The first-order chi connectivity index (χ1) is 9.21. The minimum atomic E-state index is 0.217. The minimum absolute atomic E-state index is 0.217. The first kappa shape index (κ1) is 13.0. The van der Waals surface area contributed by atoms with Crippen molar-refractivity contribution < 1.29 is 4.74 Å². The van der Waals surface area contributed by atoms with E-state index in [9.17, 15) is 0 Å². The number of aryl methyl sites for hydroxylation is 1. The highest BCUT2D eigenvalue weighted by Crippen LogP contribution is 2.11. The molecule has 0 amide bonds. The molecule has 0 spiro atoms. The van der Waals surface area contributed by atoms with E-state index < -0.39 is 0 Å². The van der Waals surface area contributed by atoms with Gasteiger partial charge in [-0.2, -0.15) is 20.1 Å². The van der Waals surface area contributed by atoms with Crippen LogP contribution in [0.25, 0.3) is 0 Å². The lowest BCUT2D eigenvalue weighted by atomic mass is 10.4. The highest BCUT2D eigenvalue weighted by Gasteiger charge is 2.06. The Balaban J connectivity index is 2.08. The van der Waals surface area contributed by atoms with E-state index >= 15 is 0 Å². The summed E-state index contributed by atoms with van der Waals surface area (Å²) in [6, 6.07) is 2.12. The van der Waals surface area contributed by atoms with Crippen molar-refractivity contribution in [1.82, 2.24) is 24.7 Å². The Bertz CT molecular complexity index is 540. The number of aromatic nitrogens is 5. The smallest absolute Gasteiger partial charge is 0.323 e. The van der Waals surface area contributed by atoms with Crippen molar-refractivity contribution in [2.45, 2.75) is 13.5 Å². The molecule has 2 aromatic rings. The fraction of sp³-hybridized carbons (Fsp3) is 0.400. The van der Waals surface area contributed by atoms with Crippen LogP contribution in [0, 0.1) is 0 Å². The molecule has 0 fully saturated rings. The van der Waals surface area contributed by atoms with Gasteiger partial charge in [-0.3, -0.25) is 10.1 Å². The summed E-state index contributed by atoms with van der Waals surface area (Å²) >= 11 is 0. The molecule has 0 saturated carbocycles. The zero-order valence-electron chi connectivity index (χ0n) is 10.8. The van der Waals surface area contributed by atoms with Crippen molar-refractivity contribution in [3.63, 3.8) is 0 Å². The first-order valence-corrected chi connectivity index (χ1v) is 5.79. The van der Waals surface area contributed by atoms with Gasteiger partial charge in [-0.25, -0.2) is 5.84 Å². The Morgan fingerprint density at radius 1 is 1.32 bits per heavy atom. The van der Waals surface area contributed by atoms with E-state index in [4.69, 9.17) is 10.6 Å². The number of rotatable bonds is 6. The predicted molar refractivity (Wildman–Crippen MR) is 69.3 cm³/mol. The van der Waals surface area contributed by atoms with Crippen LogP contribution in [0.15, 0.2) is 12.3 Å². The molecule has 9 nitrogen and oxygen atoms in total. The van der Waals surface area contributed by atoms with Gasteiger partial charge < -0.3 is 10.1 Å². The molecule has 0 unspecified atom stereocenters. The fourth-order valence-corrected chi connectivity index (χ4v) is 1.42. The van der Waals surface area contributed by atoms with Gasteiger partial charge in [0, 0.05) is 13.2 Å². The third-order valence-corrected chi connectivity index (χ3v) is 2.21. The standard InChI is InChI=1S/C10H16N8O/c1-3-19-10-14-8(13-9(15-10)16-11)12-6-7-4-5-18(2)17-7/h4-5H,3,6,11H2,1-2H3,(H2,12,13,14,15,16). The summed E-state index contributed by atoms with van der Waals surface area (Å²) in [5, 5.41) is 7.27. The molecule has 19 heavy (non-hydrogen) atoms. The minimum Gasteiger partial charge on any atom is -0.464 e. The Morgan fingerprint density at radius 2 is 2.11 bits per heavy atom. The van der Waals surface area contributed by atoms with Gasteiger partial charge in [0.05, 0.1) is 18.8 Å². The summed E-state index contributed by atoms with van der Waals surface area (Å²) < 4.78 is 6.95. The van der Waals surface area contributed by atoms with Crippen LogP contribution < -0.4 is 21.3 Å². The van der Waals surface area contributed by atoms with Crippen LogP contribution in [-0.4, -0.2) is 31.3 Å². The number of nitrogens with zero attached hydrogens (tertiary/aromatic N) is 5. The molecule has 0 saturated heterocycles. The maximum Gasteiger partial charge on any atom is 0.323 e. The van der Waals surface area contributed by atoms with E-state index in [-0.39, 0.29) is 12.0 Å². The fourth-order valence-electron chi connectivity index (χ4n) is 1.42. The van der Waals surface area contributed by atoms with Gasteiger partial charge in [0.25, 0.3) is 0 Å². The van der Waals surface area contributed by atoms with E-state index in [2.05, 4.69) is 30.8 Å². The molecule has 9 heteroatoms. The maximum atomic E-state index is 5.29. The largest absolute Gasteiger partial charge is 0.464 e. The molecule has 2 aromatic heterocycles. The average molecular weight is 264 g/mol. The second kappa shape index (κ2) is 5.96. The van der Waals surface area contributed by atoms with Gasteiger partial charge in [-0.05, 0) is 13.0 Å². The zero-order valence-corrected chi connectivity index (χ0v) is 10.8. The predicted octanol–water partition coefficient (Wildman–Crippen LogP) is -0.0985. The molecule has 2 rings (SSSR count). The highest BCUT2D eigenvalue weighted by molar-refractivity contribution is 5.35. The molecule has 0 atom stereocenters. The quantitative estimate of drug-likeness (QED) is 0.489. The van der Waals surface area contributed by atoms with Gasteiger partial charge in [0.2, 0.25) is 11.9 Å². The number of hydrogen-bond acceptors (Lipinski definition) is 8. The van der Waals surface area contributed by atoms with Crippen LogP contribution in [0.5, 0.6) is 6.01 Å². The molecule has 0 aliphatic heterocycles. The van der Waals surface area contributed by atoms with E-state index in [1.54, 1.807) is 4.68 Å². The average Bonchev–Trinajstić information content (AvgIpc) is 2.82.